The van der Waals surface area contributed by atoms with Gasteiger partial charge in [0, 0.05) is 11.1 Å². The summed E-state index contributed by atoms with van der Waals surface area (Å²) in [5, 5.41) is 27.1. The first kappa shape index (κ1) is 34.3. The maximum absolute atomic E-state index is 4.52. The predicted octanol–water partition coefficient (Wildman–Crippen LogP) is 9.75. The Morgan fingerprint density at radius 2 is 0.648 bits per heavy atom. The fourth-order valence-corrected chi connectivity index (χ4v) is 7.48. The van der Waals surface area contributed by atoms with Crippen LogP contribution in [0, 0.1) is 0 Å². The maximum atomic E-state index is 4.52. The van der Waals surface area contributed by atoms with E-state index < -0.39 is 0 Å². The topological polar surface area (TPSA) is 87.2 Å². The van der Waals surface area contributed by atoms with Gasteiger partial charge in [-0.3, -0.25) is 0 Å². The average Bonchev–Trinajstić information content (AvgIpc) is 3.93. The van der Waals surface area contributed by atoms with Crippen LogP contribution in [0.25, 0.3) is 22.5 Å². The third-order valence-corrected chi connectivity index (χ3v) is 10.2. The van der Waals surface area contributed by atoms with Crippen LogP contribution < -0.4 is 0 Å². The van der Waals surface area contributed by atoms with Crippen LogP contribution in [0.3, 0.4) is 0 Å². The number of thioether (sulfide) groups is 2. The van der Waals surface area contributed by atoms with E-state index in [0.717, 1.165) is 44.8 Å². The lowest BCUT2D eigenvalue weighted by Crippen LogP contribution is -2.00. The molecule has 10 heteroatoms. The fraction of sp³-hybridized carbons (Fsp3) is 0. The number of tetrazole rings is 2. The van der Waals surface area contributed by atoms with Crippen LogP contribution >= 0.6 is 23.5 Å². The number of benzene rings is 6. The first-order valence-electron chi connectivity index (χ1n) is 17.1. The molecule has 0 bridgehead atoms. The van der Waals surface area contributed by atoms with Crippen molar-refractivity contribution < 1.29 is 0 Å². The molecule has 0 radical (unpaired) electrons. The van der Waals surface area contributed by atoms with Crippen molar-refractivity contribution in [1.82, 2.24) is 40.4 Å². The summed E-state index contributed by atoms with van der Waals surface area (Å²) >= 11 is 2.80. The van der Waals surface area contributed by atoms with E-state index in [1.165, 1.54) is 23.5 Å². The summed E-state index contributed by atoms with van der Waals surface area (Å²) < 4.78 is 3.46. The SMILES string of the molecule is C(=C(Sc1nnnn1-c1ccccc1)C(=C=C(c1ccccc1)c1ccccc1)Sc1nnnn1-c1ccccc1)=C(c1ccccc1)c1ccccc1. The molecular formula is C44H30N8S2. The van der Waals surface area contributed by atoms with E-state index in [9.17, 15) is 0 Å². The maximum Gasteiger partial charge on any atom is 0.219 e. The summed E-state index contributed by atoms with van der Waals surface area (Å²) in [6.45, 7) is 0. The molecule has 8 nitrogen and oxygen atoms in total. The van der Waals surface area contributed by atoms with E-state index in [4.69, 9.17) is 0 Å². The molecule has 8 aromatic rings. The number of hydrogen-bond donors (Lipinski definition) is 0. The lowest BCUT2D eigenvalue weighted by molar-refractivity contribution is 0.756. The highest BCUT2D eigenvalue weighted by Gasteiger charge is 2.21. The normalized spacial score (nSPS) is 10.6. The van der Waals surface area contributed by atoms with E-state index >= 15 is 0 Å². The molecule has 0 unspecified atom stereocenters. The van der Waals surface area contributed by atoms with Gasteiger partial charge in [-0.2, -0.15) is 9.36 Å². The number of nitrogens with zero attached hydrogens (tertiary/aromatic N) is 8. The van der Waals surface area contributed by atoms with Gasteiger partial charge in [0.2, 0.25) is 10.3 Å². The highest BCUT2D eigenvalue weighted by Crippen LogP contribution is 2.41. The van der Waals surface area contributed by atoms with E-state index in [-0.39, 0.29) is 0 Å². The second-order valence-electron chi connectivity index (χ2n) is 11.7. The number of para-hydroxylation sites is 2. The Morgan fingerprint density at radius 3 is 0.944 bits per heavy atom. The lowest BCUT2D eigenvalue weighted by atomic mass is 9.98. The molecule has 0 saturated heterocycles. The van der Waals surface area contributed by atoms with Gasteiger partial charge in [0.1, 0.15) is 0 Å². The first-order chi connectivity index (χ1) is 26.8. The molecule has 0 N–H and O–H groups in total. The van der Waals surface area contributed by atoms with E-state index in [1.54, 1.807) is 9.36 Å². The molecular weight excluding hydrogens is 705 g/mol. The molecule has 0 aliphatic carbocycles. The van der Waals surface area contributed by atoms with Crippen LogP contribution in [0.1, 0.15) is 22.3 Å². The Morgan fingerprint density at radius 1 is 0.370 bits per heavy atom. The van der Waals surface area contributed by atoms with Gasteiger partial charge < -0.3 is 0 Å². The standard InChI is InChI=1S/C44H30N8S2/c1-7-19-33(20-8-1)39(34-21-9-2-10-22-34)31-41(53-43-45-47-49-51(43)37-27-15-5-16-28-37)42(54-44-46-48-50-52(44)38-29-17-6-18-30-38)32-40(35-23-11-3-12-24-35)36-25-13-4-14-26-36/h1-30H. The zero-order chi connectivity index (χ0) is 36.4. The Kier molecular flexibility index (Phi) is 10.6. The monoisotopic (exact) mass is 734 g/mol. The molecule has 54 heavy (non-hydrogen) atoms. The number of aromatic nitrogens is 8. The van der Waals surface area contributed by atoms with Crippen molar-refractivity contribution in [1.29, 1.82) is 0 Å². The molecule has 0 saturated carbocycles. The van der Waals surface area contributed by atoms with Gasteiger partial charge in [-0.05, 0) is 90.9 Å². The highest BCUT2D eigenvalue weighted by atomic mass is 32.2. The summed E-state index contributed by atoms with van der Waals surface area (Å²) in [5.41, 5.74) is 15.2. The predicted molar refractivity (Wildman–Crippen MR) is 215 cm³/mol. The number of hydrogen-bond acceptors (Lipinski definition) is 8. The molecule has 8 rings (SSSR count). The summed E-state index contributed by atoms with van der Waals surface area (Å²) in [7, 11) is 0. The van der Waals surface area contributed by atoms with Crippen molar-refractivity contribution >= 4 is 34.7 Å². The van der Waals surface area contributed by atoms with Gasteiger partial charge in [0.25, 0.3) is 0 Å². The van der Waals surface area contributed by atoms with Gasteiger partial charge in [0.15, 0.2) is 0 Å². The smallest absolute Gasteiger partial charge is 0.187 e. The molecule has 6 aromatic carbocycles. The van der Waals surface area contributed by atoms with Crippen molar-refractivity contribution in [2.24, 2.45) is 0 Å². The Bertz CT molecular complexity index is 2330. The van der Waals surface area contributed by atoms with Crippen LogP contribution in [-0.4, -0.2) is 40.4 Å². The molecule has 0 amide bonds. The zero-order valence-corrected chi connectivity index (χ0v) is 30.3. The van der Waals surface area contributed by atoms with Crippen molar-refractivity contribution in [3.05, 3.63) is 226 Å². The minimum atomic E-state index is 0.549. The van der Waals surface area contributed by atoms with Crippen molar-refractivity contribution in [3.63, 3.8) is 0 Å². The average molecular weight is 735 g/mol. The van der Waals surface area contributed by atoms with Crippen LogP contribution in [0.2, 0.25) is 0 Å². The van der Waals surface area contributed by atoms with Crippen LogP contribution in [-0.2, 0) is 0 Å². The molecule has 2 heterocycles. The van der Waals surface area contributed by atoms with Gasteiger partial charge in [0.05, 0.1) is 21.2 Å². The Labute approximate surface area is 320 Å². The van der Waals surface area contributed by atoms with Gasteiger partial charge in [-0.25, -0.2) is 0 Å². The van der Waals surface area contributed by atoms with Crippen molar-refractivity contribution in [2.75, 3.05) is 0 Å². The van der Waals surface area contributed by atoms with Gasteiger partial charge in [-0.1, -0.05) is 169 Å². The largest absolute Gasteiger partial charge is 0.219 e. The summed E-state index contributed by atoms with van der Waals surface area (Å²) in [5.74, 6) is 0. The Hall–Kier alpha value is -6.80. The van der Waals surface area contributed by atoms with Crippen LogP contribution in [0.5, 0.6) is 0 Å². The van der Waals surface area contributed by atoms with Crippen molar-refractivity contribution in [3.8, 4) is 11.4 Å². The summed E-state index contributed by atoms with van der Waals surface area (Å²) in [6.07, 6.45) is 0. The van der Waals surface area contributed by atoms with E-state index in [2.05, 4.69) is 91.0 Å². The van der Waals surface area contributed by atoms with Crippen LogP contribution in [0.4, 0.5) is 0 Å². The third-order valence-electron chi connectivity index (χ3n) is 8.20. The molecule has 0 spiro atoms. The van der Waals surface area contributed by atoms with Gasteiger partial charge in [-0.15, -0.1) is 10.2 Å². The molecule has 0 fully saturated rings. The second-order valence-corrected chi connectivity index (χ2v) is 13.7. The van der Waals surface area contributed by atoms with E-state index in [0.29, 0.717) is 20.1 Å². The molecule has 258 valence electrons. The quantitative estimate of drug-likeness (QED) is 0.0738. The second kappa shape index (κ2) is 16.7. The molecule has 0 aliphatic heterocycles. The lowest BCUT2D eigenvalue weighted by Gasteiger charge is -2.12. The molecule has 0 aliphatic rings. The first-order valence-corrected chi connectivity index (χ1v) is 18.7. The fourth-order valence-electron chi connectivity index (χ4n) is 5.66. The van der Waals surface area contributed by atoms with Crippen molar-refractivity contribution in [2.45, 2.75) is 10.3 Å². The highest BCUT2D eigenvalue weighted by molar-refractivity contribution is 8.08. The summed E-state index contributed by atoms with van der Waals surface area (Å²) in [4.78, 5) is 1.42. The third kappa shape index (κ3) is 7.98. The Balaban J connectivity index is 1.46. The van der Waals surface area contributed by atoms with Crippen LogP contribution in [0.15, 0.2) is 214 Å². The number of rotatable bonds is 11. The minimum absolute atomic E-state index is 0.549. The van der Waals surface area contributed by atoms with Gasteiger partial charge >= 0.3 is 0 Å². The zero-order valence-electron chi connectivity index (χ0n) is 28.7. The van der Waals surface area contributed by atoms with E-state index in [1.807, 2.05) is 133 Å². The molecule has 0 atom stereocenters. The summed E-state index contributed by atoms with van der Waals surface area (Å²) in [6, 6.07) is 60.7. The minimum Gasteiger partial charge on any atom is -0.187 e. The molecule has 2 aromatic heterocycles.